The fourth-order valence-corrected chi connectivity index (χ4v) is 4.20. The highest BCUT2D eigenvalue weighted by molar-refractivity contribution is 5.92. The van der Waals surface area contributed by atoms with Crippen LogP contribution in [0.2, 0.25) is 0 Å². The van der Waals surface area contributed by atoms with Crippen molar-refractivity contribution >= 4 is 10.8 Å². The van der Waals surface area contributed by atoms with Crippen LogP contribution in [-0.2, 0) is 24.5 Å². The summed E-state index contributed by atoms with van der Waals surface area (Å²) in [6.45, 7) is 4.48. The Bertz CT molecular complexity index is 1810. The van der Waals surface area contributed by atoms with E-state index in [4.69, 9.17) is 14.2 Å². The van der Waals surface area contributed by atoms with E-state index in [0.29, 0.717) is 16.0 Å². The van der Waals surface area contributed by atoms with Crippen LogP contribution in [0.15, 0.2) is 65.6 Å². The highest BCUT2D eigenvalue weighted by Crippen LogP contribution is 2.38. The van der Waals surface area contributed by atoms with Crippen LogP contribution < -0.4 is 15.2 Å². The lowest BCUT2D eigenvalue weighted by Gasteiger charge is -2.19. The normalized spacial score (nSPS) is 12.4. The minimum Gasteiger partial charge on any atom is -0.464 e. The molecule has 0 unspecified atom stereocenters. The first kappa shape index (κ1) is 29.6. The average Bonchev–Trinajstić information content (AvgIpc) is 3.30. The predicted octanol–water partition coefficient (Wildman–Crippen LogP) is 5.68. The number of fused-ring (bicyclic) bond motifs is 1. The molecule has 10 nitrogen and oxygen atoms in total. The average molecular weight is 599 g/mol. The first-order chi connectivity index (χ1) is 20.6. The van der Waals surface area contributed by atoms with Gasteiger partial charge in [0.05, 0.1) is 18.2 Å². The van der Waals surface area contributed by atoms with Crippen molar-refractivity contribution in [2.45, 2.75) is 52.8 Å². The maximum Gasteiger partial charge on any atom is 0.425 e. The summed E-state index contributed by atoms with van der Waals surface area (Å²) in [5.74, 6) is -2.32. The minimum atomic E-state index is -4.79. The number of aromatic nitrogens is 6. The molecule has 224 valence electrons. The Balaban J connectivity index is 1.61. The molecule has 0 aliphatic heterocycles. The summed E-state index contributed by atoms with van der Waals surface area (Å²) in [6.07, 6.45) is -6.16. The zero-order chi connectivity index (χ0) is 30.7. The Morgan fingerprint density at radius 2 is 1.72 bits per heavy atom. The second-order valence-electron chi connectivity index (χ2n) is 9.50. The number of rotatable bonds is 10. The van der Waals surface area contributed by atoms with Gasteiger partial charge in [0.25, 0.3) is 5.88 Å². The number of halogens is 4. The Hall–Kier alpha value is -4.85. The third-order valence-corrected chi connectivity index (χ3v) is 6.52. The second kappa shape index (κ2) is 12.2. The van der Waals surface area contributed by atoms with E-state index in [2.05, 4.69) is 20.3 Å². The molecular formula is C29H26F4N6O4. The molecule has 0 bridgehead atoms. The monoisotopic (exact) mass is 598 g/mol. The molecule has 0 amide bonds. The van der Waals surface area contributed by atoms with Gasteiger partial charge in [-0.25, -0.2) is 9.18 Å². The number of hydrogen-bond acceptors (Lipinski definition) is 8. The smallest absolute Gasteiger partial charge is 0.425 e. The van der Waals surface area contributed by atoms with E-state index in [-0.39, 0.29) is 42.2 Å². The van der Waals surface area contributed by atoms with Gasteiger partial charge in [-0.1, -0.05) is 48.5 Å². The summed E-state index contributed by atoms with van der Waals surface area (Å²) in [7, 11) is 0. The third-order valence-electron chi connectivity index (χ3n) is 6.52. The molecule has 0 aliphatic carbocycles. The molecule has 5 aromatic rings. The largest absolute Gasteiger partial charge is 0.464 e. The lowest BCUT2D eigenvalue weighted by molar-refractivity contribution is -0.189. The van der Waals surface area contributed by atoms with Crippen LogP contribution in [0.1, 0.15) is 30.8 Å². The van der Waals surface area contributed by atoms with Crippen molar-refractivity contribution in [1.82, 2.24) is 29.5 Å². The van der Waals surface area contributed by atoms with Gasteiger partial charge in [0.15, 0.2) is 23.6 Å². The maximum atomic E-state index is 16.1. The number of benzene rings is 2. The van der Waals surface area contributed by atoms with Crippen molar-refractivity contribution in [2.24, 2.45) is 0 Å². The van der Waals surface area contributed by atoms with Crippen molar-refractivity contribution in [3.8, 4) is 23.3 Å². The molecule has 1 atom stereocenters. The van der Waals surface area contributed by atoms with Crippen molar-refractivity contribution in [1.29, 1.82) is 0 Å². The SMILES string of the molecule is CCn1c(COCc2ccccc2)nn(-c2nc(O[C@@H](C)C(F)(F)F)c3c(Oc4ccccc4C)nncc3c2F)c1=O. The fraction of sp³-hybridized carbons (Fsp3) is 0.276. The Kier molecular flexibility index (Phi) is 8.39. The molecule has 5 rings (SSSR count). The van der Waals surface area contributed by atoms with Gasteiger partial charge >= 0.3 is 11.9 Å². The Labute approximate surface area is 242 Å². The van der Waals surface area contributed by atoms with Crippen LogP contribution in [0.4, 0.5) is 17.6 Å². The van der Waals surface area contributed by atoms with Gasteiger partial charge in [-0.05, 0) is 38.0 Å². The number of aryl methyl sites for hydroxylation is 1. The van der Waals surface area contributed by atoms with E-state index in [1.807, 2.05) is 30.3 Å². The van der Waals surface area contributed by atoms with Crippen LogP contribution in [0.3, 0.4) is 0 Å². The van der Waals surface area contributed by atoms with Gasteiger partial charge in [0.1, 0.15) is 17.7 Å². The van der Waals surface area contributed by atoms with Crippen LogP contribution >= 0.6 is 0 Å². The highest BCUT2D eigenvalue weighted by atomic mass is 19.4. The number of ether oxygens (including phenoxy) is 3. The number of para-hydroxylation sites is 1. The van der Waals surface area contributed by atoms with E-state index in [1.54, 1.807) is 38.1 Å². The first-order valence-electron chi connectivity index (χ1n) is 13.2. The number of alkyl halides is 3. The summed E-state index contributed by atoms with van der Waals surface area (Å²) in [6, 6.07) is 16.1. The van der Waals surface area contributed by atoms with Gasteiger partial charge in [-0.2, -0.15) is 27.9 Å². The predicted molar refractivity (Wildman–Crippen MR) is 147 cm³/mol. The molecule has 0 fully saturated rings. The molecule has 0 N–H and O–H groups in total. The number of pyridine rings is 1. The molecule has 2 aromatic carbocycles. The molecule has 14 heteroatoms. The molecule has 3 heterocycles. The van der Waals surface area contributed by atoms with Gasteiger partial charge < -0.3 is 14.2 Å². The van der Waals surface area contributed by atoms with Crippen molar-refractivity contribution < 1.29 is 31.8 Å². The van der Waals surface area contributed by atoms with Gasteiger partial charge in [0.2, 0.25) is 5.88 Å². The zero-order valence-corrected chi connectivity index (χ0v) is 23.3. The summed E-state index contributed by atoms with van der Waals surface area (Å²) in [5, 5.41) is 11.2. The van der Waals surface area contributed by atoms with E-state index in [9.17, 15) is 18.0 Å². The van der Waals surface area contributed by atoms with E-state index in [1.165, 1.54) is 4.57 Å². The minimum absolute atomic E-state index is 0.103. The van der Waals surface area contributed by atoms with Crippen molar-refractivity contribution in [2.75, 3.05) is 0 Å². The van der Waals surface area contributed by atoms with E-state index >= 15 is 4.39 Å². The molecule has 0 saturated carbocycles. The van der Waals surface area contributed by atoms with Crippen molar-refractivity contribution in [3.63, 3.8) is 0 Å². The molecule has 0 aliphatic rings. The Morgan fingerprint density at radius 1 is 1.00 bits per heavy atom. The van der Waals surface area contributed by atoms with Crippen LogP contribution in [-0.4, -0.2) is 41.8 Å². The molecule has 0 spiro atoms. The Morgan fingerprint density at radius 3 is 2.42 bits per heavy atom. The second-order valence-corrected chi connectivity index (χ2v) is 9.50. The lowest BCUT2D eigenvalue weighted by Crippen LogP contribution is -2.32. The summed E-state index contributed by atoms with van der Waals surface area (Å²) in [5.41, 5.74) is 0.788. The van der Waals surface area contributed by atoms with Gasteiger partial charge in [-0.3, -0.25) is 4.57 Å². The van der Waals surface area contributed by atoms with Crippen LogP contribution in [0.25, 0.3) is 16.6 Å². The van der Waals surface area contributed by atoms with E-state index in [0.717, 1.165) is 18.7 Å². The molecule has 43 heavy (non-hydrogen) atoms. The maximum absolute atomic E-state index is 16.1. The number of nitrogens with zero attached hydrogens (tertiary/aromatic N) is 6. The van der Waals surface area contributed by atoms with Crippen LogP contribution in [0, 0.1) is 12.7 Å². The highest BCUT2D eigenvalue weighted by Gasteiger charge is 2.39. The number of hydrogen-bond donors (Lipinski definition) is 0. The summed E-state index contributed by atoms with van der Waals surface area (Å²) >= 11 is 0. The summed E-state index contributed by atoms with van der Waals surface area (Å²) in [4.78, 5) is 17.3. The van der Waals surface area contributed by atoms with E-state index < -0.39 is 35.5 Å². The fourth-order valence-electron chi connectivity index (χ4n) is 4.20. The molecular weight excluding hydrogens is 572 g/mol. The van der Waals surface area contributed by atoms with Crippen molar-refractivity contribution in [3.05, 3.63) is 94.0 Å². The zero-order valence-electron chi connectivity index (χ0n) is 23.3. The molecule has 0 radical (unpaired) electrons. The summed E-state index contributed by atoms with van der Waals surface area (Å²) < 4.78 is 75.5. The molecule has 3 aromatic heterocycles. The third kappa shape index (κ3) is 6.18. The molecule has 0 saturated heterocycles. The first-order valence-corrected chi connectivity index (χ1v) is 13.2. The topological polar surface area (TPSA) is 106 Å². The lowest BCUT2D eigenvalue weighted by atomic mass is 10.2. The quantitative estimate of drug-likeness (QED) is 0.189. The van der Waals surface area contributed by atoms with Crippen LogP contribution in [0.5, 0.6) is 17.5 Å². The van der Waals surface area contributed by atoms with Gasteiger partial charge in [-0.15, -0.1) is 10.2 Å². The standard InChI is InChI=1S/C29H26F4N6O4/c1-4-38-22(16-41-15-19-11-6-5-7-12-19)37-39(28(38)40)25-24(30)20-14-34-36-27(43-21-13-9-8-10-17(21)2)23(20)26(35-25)42-18(3)29(31,32)33/h5-14,18H,4,15-16H2,1-3H3/t18-/m0/s1. The van der Waals surface area contributed by atoms with Gasteiger partial charge in [0, 0.05) is 6.54 Å².